The van der Waals surface area contributed by atoms with Gasteiger partial charge in [0.05, 0.1) is 0 Å². The molecule has 16 heavy (non-hydrogen) atoms. The first-order valence-corrected chi connectivity index (χ1v) is 6.43. The predicted octanol–water partition coefficient (Wildman–Crippen LogP) is 3.46. The third-order valence-electron chi connectivity index (χ3n) is 3.69. The molecule has 0 N–H and O–H groups in total. The van der Waals surface area contributed by atoms with Crippen LogP contribution in [0.3, 0.4) is 0 Å². The van der Waals surface area contributed by atoms with Crippen molar-refractivity contribution >= 4 is 5.91 Å². The van der Waals surface area contributed by atoms with Crippen molar-refractivity contribution in [1.82, 2.24) is 4.90 Å². The minimum absolute atomic E-state index is 0.0240. The lowest BCUT2D eigenvalue weighted by Crippen LogP contribution is -2.45. The molecule has 1 aliphatic rings. The molecule has 0 bridgehead atoms. The van der Waals surface area contributed by atoms with Gasteiger partial charge in [-0.25, -0.2) is 0 Å². The normalized spacial score (nSPS) is 24.5. The largest absolute Gasteiger partial charge is 0.338 e. The van der Waals surface area contributed by atoms with Gasteiger partial charge >= 0.3 is 0 Å². The molecule has 0 aromatic heterocycles. The Morgan fingerprint density at radius 1 is 1.12 bits per heavy atom. The molecule has 0 aromatic carbocycles. The zero-order chi connectivity index (χ0) is 12.6. The van der Waals surface area contributed by atoms with E-state index in [-0.39, 0.29) is 11.0 Å². The monoisotopic (exact) mass is 225 g/mol. The van der Waals surface area contributed by atoms with E-state index in [2.05, 4.69) is 46.4 Å². The molecule has 1 rings (SSSR count). The molecule has 0 saturated carbocycles. The Bertz CT molecular complexity index is 257. The number of likely N-dealkylation sites (tertiary alicyclic amines) is 1. The maximum Gasteiger partial charge on any atom is 0.223 e. The third kappa shape index (κ3) is 3.23. The van der Waals surface area contributed by atoms with Crippen LogP contribution in [0.2, 0.25) is 0 Å². The van der Waals surface area contributed by atoms with Crippen molar-refractivity contribution in [3.63, 3.8) is 0 Å². The molecule has 0 aromatic rings. The minimum Gasteiger partial charge on any atom is -0.338 e. The Labute approximate surface area is 100 Å². The molecule has 1 fully saturated rings. The number of carbonyl (C=O) groups is 1. The van der Waals surface area contributed by atoms with Gasteiger partial charge in [-0.15, -0.1) is 0 Å². The Hall–Kier alpha value is -0.530. The topological polar surface area (TPSA) is 20.3 Å². The molecule has 0 aliphatic carbocycles. The average molecular weight is 225 g/mol. The summed E-state index contributed by atoms with van der Waals surface area (Å²) in [5.41, 5.74) is 0.230. The van der Waals surface area contributed by atoms with Crippen molar-refractivity contribution in [3.8, 4) is 0 Å². The van der Waals surface area contributed by atoms with Crippen molar-refractivity contribution in [2.75, 3.05) is 6.54 Å². The van der Waals surface area contributed by atoms with Crippen LogP contribution in [0.4, 0.5) is 0 Å². The summed E-state index contributed by atoms with van der Waals surface area (Å²) in [6, 6.07) is 0. The van der Waals surface area contributed by atoms with Crippen LogP contribution in [0.15, 0.2) is 0 Å². The van der Waals surface area contributed by atoms with E-state index in [1.165, 1.54) is 6.42 Å². The van der Waals surface area contributed by atoms with Gasteiger partial charge in [-0.1, -0.05) is 20.8 Å². The first-order chi connectivity index (χ1) is 7.12. The number of rotatable bonds is 0. The third-order valence-corrected chi connectivity index (χ3v) is 3.69. The second-order valence-electron chi connectivity index (χ2n) is 7.13. The van der Waals surface area contributed by atoms with Crippen molar-refractivity contribution in [2.24, 2.45) is 11.3 Å². The number of amides is 1. The van der Waals surface area contributed by atoms with E-state index in [1.54, 1.807) is 0 Å². The molecule has 2 nitrogen and oxygen atoms in total. The number of hydrogen-bond acceptors (Lipinski definition) is 1. The van der Waals surface area contributed by atoms with Crippen molar-refractivity contribution in [1.29, 1.82) is 0 Å². The lowest BCUT2D eigenvalue weighted by Gasteiger charge is -2.35. The van der Waals surface area contributed by atoms with Crippen LogP contribution < -0.4 is 0 Å². The summed E-state index contributed by atoms with van der Waals surface area (Å²) in [5.74, 6) is 0.872. The van der Waals surface area contributed by atoms with Gasteiger partial charge in [-0.2, -0.15) is 0 Å². The first-order valence-electron chi connectivity index (χ1n) is 6.43. The van der Waals surface area contributed by atoms with Gasteiger partial charge in [0.1, 0.15) is 0 Å². The standard InChI is InChI=1S/C14H27NO/c1-13(2,3)11-8-7-9-15(12(16)10-11)14(4,5)6/h11H,7-10H2,1-6H3. The lowest BCUT2D eigenvalue weighted by molar-refractivity contribution is -0.136. The van der Waals surface area contributed by atoms with E-state index < -0.39 is 0 Å². The summed E-state index contributed by atoms with van der Waals surface area (Å²) in [5, 5.41) is 0. The fraction of sp³-hybridized carbons (Fsp3) is 0.929. The van der Waals surface area contributed by atoms with E-state index in [9.17, 15) is 4.79 Å². The maximum absolute atomic E-state index is 12.2. The Morgan fingerprint density at radius 2 is 1.69 bits per heavy atom. The zero-order valence-corrected chi connectivity index (χ0v) is 11.8. The quantitative estimate of drug-likeness (QED) is 0.618. The molecule has 1 aliphatic heterocycles. The minimum atomic E-state index is -0.0240. The Morgan fingerprint density at radius 3 is 2.12 bits per heavy atom. The molecule has 1 saturated heterocycles. The molecule has 1 atom stereocenters. The average Bonchev–Trinajstić information content (AvgIpc) is 2.23. The first kappa shape index (κ1) is 13.5. The molecule has 1 unspecified atom stereocenters. The summed E-state index contributed by atoms with van der Waals surface area (Å²) in [6.45, 7) is 14.1. The molecule has 2 heteroatoms. The fourth-order valence-electron chi connectivity index (χ4n) is 2.49. The van der Waals surface area contributed by atoms with Gasteiger partial charge < -0.3 is 4.90 Å². The van der Waals surface area contributed by atoms with Crippen molar-refractivity contribution in [2.45, 2.75) is 66.3 Å². The second-order valence-corrected chi connectivity index (χ2v) is 7.13. The highest BCUT2D eigenvalue weighted by Crippen LogP contribution is 2.35. The maximum atomic E-state index is 12.2. The van der Waals surface area contributed by atoms with Gasteiger partial charge in [0.25, 0.3) is 0 Å². The zero-order valence-electron chi connectivity index (χ0n) is 11.8. The van der Waals surface area contributed by atoms with Crippen molar-refractivity contribution < 1.29 is 4.79 Å². The molecule has 0 radical (unpaired) electrons. The number of nitrogens with zero attached hydrogens (tertiary/aromatic N) is 1. The van der Waals surface area contributed by atoms with Crippen molar-refractivity contribution in [3.05, 3.63) is 0 Å². The highest BCUT2D eigenvalue weighted by atomic mass is 16.2. The number of hydrogen-bond donors (Lipinski definition) is 0. The number of carbonyl (C=O) groups excluding carboxylic acids is 1. The van der Waals surface area contributed by atoms with Crippen LogP contribution in [0.5, 0.6) is 0 Å². The summed E-state index contributed by atoms with van der Waals surface area (Å²) in [7, 11) is 0. The second kappa shape index (κ2) is 4.38. The Balaban J connectivity index is 2.78. The fourth-order valence-corrected chi connectivity index (χ4v) is 2.49. The summed E-state index contributed by atoms with van der Waals surface area (Å²) < 4.78 is 0. The smallest absolute Gasteiger partial charge is 0.223 e. The van der Waals surface area contributed by atoms with Crippen LogP contribution in [-0.2, 0) is 4.79 Å². The highest BCUT2D eigenvalue weighted by Gasteiger charge is 2.34. The van der Waals surface area contributed by atoms with E-state index in [1.807, 2.05) is 0 Å². The summed E-state index contributed by atoms with van der Waals surface area (Å²) in [6.07, 6.45) is 3.05. The van der Waals surface area contributed by atoms with Gasteiger partial charge in [-0.05, 0) is 44.9 Å². The molecule has 94 valence electrons. The van der Waals surface area contributed by atoms with Gasteiger partial charge in [0.15, 0.2) is 0 Å². The molecule has 0 spiro atoms. The van der Waals surface area contributed by atoms with E-state index in [4.69, 9.17) is 0 Å². The summed E-state index contributed by atoms with van der Waals surface area (Å²) in [4.78, 5) is 14.3. The molecular formula is C14H27NO. The van der Waals surface area contributed by atoms with E-state index in [0.29, 0.717) is 11.8 Å². The van der Waals surface area contributed by atoms with Gasteiger partial charge in [-0.3, -0.25) is 4.79 Å². The van der Waals surface area contributed by atoms with Crippen LogP contribution in [0.1, 0.15) is 60.8 Å². The van der Waals surface area contributed by atoms with E-state index >= 15 is 0 Å². The van der Waals surface area contributed by atoms with Gasteiger partial charge in [0.2, 0.25) is 5.91 Å². The highest BCUT2D eigenvalue weighted by molar-refractivity contribution is 5.77. The van der Waals surface area contributed by atoms with Crippen LogP contribution >= 0.6 is 0 Å². The Kier molecular flexibility index (Phi) is 3.71. The van der Waals surface area contributed by atoms with Gasteiger partial charge in [0, 0.05) is 18.5 Å². The summed E-state index contributed by atoms with van der Waals surface area (Å²) >= 11 is 0. The SMILES string of the molecule is CC(C)(C)C1CCCN(C(C)(C)C)C(=O)C1. The van der Waals surface area contributed by atoms with Crippen LogP contribution in [0.25, 0.3) is 0 Å². The molecule has 1 heterocycles. The molecular weight excluding hydrogens is 198 g/mol. The predicted molar refractivity (Wildman–Crippen MR) is 68.3 cm³/mol. The lowest BCUT2D eigenvalue weighted by atomic mass is 9.76. The van der Waals surface area contributed by atoms with E-state index in [0.717, 1.165) is 19.4 Å². The molecule has 1 amide bonds. The van der Waals surface area contributed by atoms with Crippen LogP contribution in [0, 0.1) is 11.3 Å². The van der Waals surface area contributed by atoms with Crippen LogP contribution in [-0.4, -0.2) is 22.9 Å².